The number of hydrogen-bond acceptors (Lipinski definition) is 8. The molecule has 0 unspecified atom stereocenters. The van der Waals surface area contributed by atoms with Crippen LogP contribution in [0.3, 0.4) is 0 Å². The van der Waals surface area contributed by atoms with E-state index in [4.69, 9.17) is 9.57 Å². The summed E-state index contributed by atoms with van der Waals surface area (Å²) in [5, 5.41) is 1.56. The SMILES string of the molecule is Cc1cncc([C@@H]2CCON2C(=O)C2CCN(c3nccc(N4CCOC4=O)n3)CC2)c1. The van der Waals surface area contributed by atoms with Crippen LogP contribution >= 0.6 is 0 Å². The van der Waals surface area contributed by atoms with Crippen molar-refractivity contribution in [3.05, 3.63) is 41.9 Å². The molecular formula is C22H26N6O4. The Balaban J connectivity index is 1.23. The van der Waals surface area contributed by atoms with Gasteiger partial charge < -0.3 is 9.64 Å². The van der Waals surface area contributed by atoms with Gasteiger partial charge in [-0.2, -0.15) is 4.98 Å². The molecule has 0 radical (unpaired) electrons. The predicted molar refractivity (Wildman–Crippen MR) is 115 cm³/mol. The maximum absolute atomic E-state index is 13.2. The van der Waals surface area contributed by atoms with E-state index in [0.717, 1.165) is 17.5 Å². The van der Waals surface area contributed by atoms with Crippen molar-refractivity contribution in [3.8, 4) is 0 Å². The first-order valence-corrected chi connectivity index (χ1v) is 11.0. The molecule has 0 saturated carbocycles. The third-order valence-corrected chi connectivity index (χ3v) is 6.20. The van der Waals surface area contributed by atoms with Gasteiger partial charge >= 0.3 is 6.09 Å². The van der Waals surface area contributed by atoms with Gasteiger partial charge in [0.05, 0.1) is 19.2 Å². The van der Waals surface area contributed by atoms with Gasteiger partial charge in [-0.15, -0.1) is 0 Å². The van der Waals surface area contributed by atoms with Crippen LogP contribution in [0.5, 0.6) is 0 Å². The zero-order valence-electron chi connectivity index (χ0n) is 18.0. The Morgan fingerprint density at radius 3 is 2.72 bits per heavy atom. The molecule has 1 atom stereocenters. The number of carbonyl (C=O) groups is 2. The van der Waals surface area contributed by atoms with Crippen molar-refractivity contribution in [3.63, 3.8) is 0 Å². The lowest BCUT2D eigenvalue weighted by Crippen LogP contribution is -2.42. The molecule has 0 N–H and O–H groups in total. The summed E-state index contributed by atoms with van der Waals surface area (Å²) in [6.45, 7) is 4.70. The second kappa shape index (κ2) is 8.70. The average molecular weight is 438 g/mol. The van der Waals surface area contributed by atoms with Gasteiger partial charge in [0.15, 0.2) is 0 Å². The van der Waals surface area contributed by atoms with E-state index in [1.165, 1.54) is 4.90 Å². The number of carbonyl (C=O) groups excluding carboxylic acids is 2. The van der Waals surface area contributed by atoms with Crippen LogP contribution in [0.15, 0.2) is 30.7 Å². The van der Waals surface area contributed by atoms with Crippen LogP contribution in [0.25, 0.3) is 0 Å². The van der Waals surface area contributed by atoms with Crippen LogP contribution in [-0.2, 0) is 14.4 Å². The van der Waals surface area contributed by atoms with E-state index < -0.39 is 0 Å². The molecule has 5 heterocycles. The Hall–Kier alpha value is -3.27. The normalized spacial score (nSPS) is 21.8. The van der Waals surface area contributed by atoms with Crippen LogP contribution in [0, 0.1) is 12.8 Å². The van der Waals surface area contributed by atoms with Crippen LogP contribution in [0.4, 0.5) is 16.6 Å². The third-order valence-electron chi connectivity index (χ3n) is 6.20. The van der Waals surface area contributed by atoms with Crippen LogP contribution in [0.1, 0.15) is 36.4 Å². The summed E-state index contributed by atoms with van der Waals surface area (Å²) in [5.74, 6) is 1.02. The van der Waals surface area contributed by atoms with E-state index in [0.29, 0.717) is 57.5 Å². The molecule has 3 aliphatic rings. The predicted octanol–water partition coefficient (Wildman–Crippen LogP) is 2.26. The highest BCUT2D eigenvalue weighted by atomic mass is 16.7. The Labute approximate surface area is 186 Å². The number of aromatic nitrogens is 3. The fraction of sp³-hybridized carbons (Fsp3) is 0.500. The average Bonchev–Trinajstić information content (AvgIpc) is 3.48. The van der Waals surface area contributed by atoms with Crippen molar-refractivity contribution in [2.24, 2.45) is 5.92 Å². The van der Waals surface area contributed by atoms with Crippen molar-refractivity contribution >= 4 is 23.8 Å². The first-order valence-electron chi connectivity index (χ1n) is 11.0. The zero-order valence-corrected chi connectivity index (χ0v) is 18.0. The number of ether oxygens (including phenoxy) is 1. The maximum Gasteiger partial charge on any atom is 0.415 e. The Morgan fingerprint density at radius 2 is 1.97 bits per heavy atom. The number of nitrogens with zero attached hydrogens (tertiary/aromatic N) is 6. The van der Waals surface area contributed by atoms with Crippen molar-refractivity contribution < 1.29 is 19.2 Å². The summed E-state index contributed by atoms with van der Waals surface area (Å²) in [5.41, 5.74) is 2.08. The lowest BCUT2D eigenvalue weighted by Gasteiger charge is -2.34. The number of hydrogen-bond donors (Lipinski definition) is 0. The first kappa shape index (κ1) is 20.6. The van der Waals surface area contributed by atoms with Gasteiger partial charge in [-0.25, -0.2) is 14.8 Å². The molecule has 0 aliphatic carbocycles. The summed E-state index contributed by atoms with van der Waals surface area (Å²) in [4.78, 5) is 47.6. The van der Waals surface area contributed by atoms with Crippen LogP contribution < -0.4 is 9.80 Å². The summed E-state index contributed by atoms with van der Waals surface area (Å²) in [6, 6.07) is 3.68. The Morgan fingerprint density at radius 1 is 1.12 bits per heavy atom. The highest BCUT2D eigenvalue weighted by Gasteiger charge is 2.37. The lowest BCUT2D eigenvalue weighted by molar-refractivity contribution is -0.182. The van der Waals surface area contributed by atoms with E-state index in [1.807, 2.05) is 19.3 Å². The zero-order chi connectivity index (χ0) is 22.1. The van der Waals surface area contributed by atoms with E-state index in [9.17, 15) is 9.59 Å². The summed E-state index contributed by atoms with van der Waals surface area (Å²) in [6.07, 6.45) is 7.05. The van der Waals surface area contributed by atoms with Gasteiger partial charge in [0, 0.05) is 44.0 Å². The molecule has 0 aromatic carbocycles. The minimum absolute atomic E-state index is 0.0307. The highest BCUT2D eigenvalue weighted by molar-refractivity contribution is 5.88. The molecule has 168 valence electrons. The van der Waals surface area contributed by atoms with Crippen molar-refractivity contribution in [2.45, 2.75) is 32.2 Å². The van der Waals surface area contributed by atoms with Gasteiger partial charge in [0.2, 0.25) is 11.9 Å². The van der Waals surface area contributed by atoms with Crippen LogP contribution in [-0.4, -0.2) is 64.9 Å². The fourth-order valence-electron chi connectivity index (χ4n) is 4.50. The highest BCUT2D eigenvalue weighted by Crippen LogP contribution is 2.34. The van der Waals surface area contributed by atoms with E-state index in [1.54, 1.807) is 17.3 Å². The largest absolute Gasteiger partial charge is 0.447 e. The fourth-order valence-corrected chi connectivity index (χ4v) is 4.50. The summed E-state index contributed by atoms with van der Waals surface area (Å²) in [7, 11) is 0. The van der Waals surface area contributed by atoms with E-state index in [-0.39, 0.29) is 24.0 Å². The molecule has 2 aromatic rings. The smallest absolute Gasteiger partial charge is 0.415 e. The number of aryl methyl sites for hydroxylation is 1. The molecule has 10 nitrogen and oxygen atoms in total. The second-order valence-corrected chi connectivity index (χ2v) is 8.34. The molecule has 5 rings (SSSR count). The molecule has 2 amide bonds. The number of rotatable bonds is 4. The number of piperidine rings is 1. The second-order valence-electron chi connectivity index (χ2n) is 8.34. The quantitative estimate of drug-likeness (QED) is 0.717. The van der Waals surface area contributed by atoms with E-state index in [2.05, 4.69) is 25.9 Å². The molecule has 0 spiro atoms. The van der Waals surface area contributed by atoms with Crippen molar-refractivity contribution in [2.75, 3.05) is 42.6 Å². The van der Waals surface area contributed by atoms with E-state index >= 15 is 0 Å². The number of amides is 2. The lowest BCUT2D eigenvalue weighted by atomic mass is 9.95. The molecule has 32 heavy (non-hydrogen) atoms. The summed E-state index contributed by atoms with van der Waals surface area (Å²) < 4.78 is 5.00. The molecular weight excluding hydrogens is 412 g/mol. The monoisotopic (exact) mass is 438 g/mol. The number of pyridine rings is 1. The summed E-state index contributed by atoms with van der Waals surface area (Å²) >= 11 is 0. The number of cyclic esters (lactones) is 1. The minimum atomic E-state index is -0.386. The maximum atomic E-state index is 13.2. The molecule has 10 heteroatoms. The van der Waals surface area contributed by atoms with Crippen LogP contribution in [0.2, 0.25) is 0 Å². The molecule has 3 aliphatic heterocycles. The topological polar surface area (TPSA) is 101 Å². The standard InChI is InChI=1S/C22H26N6O4/c1-15-12-17(14-23-13-15)18-5-10-32-28(18)20(29)16-3-7-26(8-4-16)21-24-6-2-19(25-21)27-9-11-31-22(27)30/h2,6,12-14,16,18H,3-5,7-11H2,1H3/t18-/m0/s1. The molecule has 3 fully saturated rings. The molecule has 3 saturated heterocycles. The number of anilines is 2. The van der Waals surface area contributed by atoms with Crippen molar-refractivity contribution in [1.29, 1.82) is 0 Å². The molecule has 2 aromatic heterocycles. The van der Waals surface area contributed by atoms with Gasteiger partial charge in [-0.1, -0.05) is 6.07 Å². The minimum Gasteiger partial charge on any atom is -0.447 e. The Kier molecular flexibility index (Phi) is 5.60. The Bertz CT molecular complexity index is 1010. The van der Waals surface area contributed by atoms with Crippen molar-refractivity contribution in [1.82, 2.24) is 20.0 Å². The number of hydroxylamine groups is 2. The third kappa shape index (κ3) is 3.97. The van der Waals surface area contributed by atoms with Gasteiger partial charge in [-0.05, 0) is 37.0 Å². The first-order chi connectivity index (χ1) is 15.6. The van der Waals surface area contributed by atoms with Gasteiger partial charge in [-0.3, -0.25) is 19.5 Å². The molecule has 0 bridgehead atoms. The van der Waals surface area contributed by atoms with Gasteiger partial charge in [0.1, 0.15) is 12.4 Å². The van der Waals surface area contributed by atoms with Gasteiger partial charge in [0.25, 0.3) is 0 Å².